The van der Waals surface area contributed by atoms with Crippen molar-refractivity contribution in [2.75, 3.05) is 18.4 Å². The Balaban J connectivity index is 1.48. The van der Waals surface area contributed by atoms with Crippen LogP contribution in [0.3, 0.4) is 0 Å². The average molecular weight is 436 g/mol. The van der Waals surface area contributed by atoms with Gasteiger partial charge in [-0.05, 0) is 61.9 Å². The van der Waals surface area contributed by atoms with Gasteiger partial charge >= 0.3 is 0 Å². The molecule has 5 rings (SSSR count). The number of nitrogens with zero attached hydrogens (tertiary/aromatic N) is 2. The Labute approximate surface area is 182 Å². The molecule has 160 valence electrons. The van der Waals surface area contributed by atoms with Crippen molar-refractivity contribution in [1.29, 1.82) is 0 Å². The Morgan fingerprint density at radius 3 is 2.58 bits per heavy atom. The maximum absolute atomic E-state index is 13.4. The zero-order valence-electron chi connectivity index (χ0n) is 17.3. The number of sulfonamides is 1. The number of pyridine rings is 1. The summed E-state index contributed by atoms with van der Waals surface area (Å²) in [4.78, 5) is 18.3. The van der Waals surface area contributed by atoms with E-state index in [9.17, 15) is 13.2 Å². The summed E-state index contributed by atoms with van der Waals surface area (Å²) < 4.78 is 27.6. The van der Waals surface area contributed by atoms with Gasteiger partial charge in [-0.2, -0.15) is 4.31 Å². The van der Waals surface area contributed by atoms with Crippen molar-refractivity contribution >= 4 is 32.5 Å². The number of fused-ring (bicyclic) bond motifs is 2. The minimum atomic E-state index is -3.56. The minimum absolute atomic E-state index is 0.218. The van der Waals surface area contributed by atoms with Gasteiger partial charge in [0.1, 0.15) is 0 Å². The SMILES string of the molecule is O=C(Nc1cccc(S(=O)(=O)N2CCCCC2)c1)c1c2c(nc3ccccc13)CCC2. The Morgan fingerprint density at radius 2 is 1.74 bits per heavy atom. The van der Waals surface area contributed by atoms with Crippen molar-refractivity contribution in [3.8, 4) is 0 Å². The number of amides is 1. The van der Waals surface area contributed by atoms with E-state index in [1.807, 2.05) is 24.3 Å². The van der Waals surface area contributed by atoms with E-state index in [1.165, 1.54) is 0 Å². The fourth-order valence-electron chi connectivity index (χ4n) is 4.65. The molecule has 0 radical (unpaired) electrons. The number of aryl methyl sites for hydroxylation is 1. The molecule has 0 saturated carbocycles. The fourth-order valence-corrected chi connectivity index (χ4v) is 6.22. The van der Waals surface area contributed by atoms with E-state index in [-0.39, 0.29) is 10.8 Å². The number of anilines is 1. The van der Waals surface area contributed by atoms with Crippen molar-refractivity contribution in [2.24, 2.45) is 0 Å². The van der Waals surface area contributed by atoms with Gasteiger partial charge in [0.25, 0.3) is 5.91 Å². The summed E-state index contributed by atoms with van der Waals surface area (Å²) in [6.45, 7) is 1.10. The Bertz CT molecular complexity index is 1260. The first-order chi connectivity index (χ1) is 15.0. The van der Waals surface area contributed by atoms with Crippen molar-refractivity contribution in [3.63, 3.8) is 0 Å². The van der Waals surface area contributed by atoms with Crippen LogP contribution < -0.4 is 5.32 Å². The monoisotopic (exact) mass is 435 g/mol. The van der Waals surface area contributed by atoms with E-state index in [4.69, 9.17) is 4.98 Å². The van der Waals surface area contributed by atoms with Crippen LogP contribution in [-0.4, -0.2) is 36.7 Å². The second kappa shape index (κ2) is 8.05. The molecule has 3 aromatic rings. The molecule has 7 heteroatoms. The molecule has 2 heterocycles. The standard InChI is InChI=1S/C24H25N3O3S/c28-24(23-19-10-2-3-12-21(19)26-22-13-7-11-20(22)23)25-17-8-6-9-18(16-17)31(29,30)27-14-4-1-5-15-27/h2-3,6,8-10,12,16H,1,4-5,7,11,13-15H2,(H,25,28). The molecule has 2 aromatic carbocycles. The first-order valence-electron chi connectivity index (χ1n) is 10.9. The number of nitrogens with one attached hydrogen (secondary N) is 1. The summed E-state index contributed by atoms with van der Waals surface area (Å²) in [5, 5.41) is 3.78. The van der Waals surface area contributed by atoms with Gasteiger partial charge in [-0.1, -0.05) is 30.7 Å². The summed E-state index contributed by atoms with van der Waals surface area (Å²) in [5.74, 6) is -0.218. The third-order valence-corrected chi connectivity index (χ3v) is 8.09. The van der Waals surface area contributed by atoms with Crippen LogP contribution in [0.25, 0.3) is 10.9 Å². The van der Waals surface area contributed by atoms with Gasteiger partial charge in [-0.15, -0.1) is 0 Å². The average Bonchev–Trinajstić information content (AvgIpc) is 3.26. The number of hydrogen-bond acceptors (Lipinski definition) is 4. The number of benzene rings is 2. The predicted molar refractivity (Wildman–Crippen MR) is 121 cm³/mol. The number of para-hydroxylation sites is 1. The highest BCUT2D eigenvalue weighted by Gasteiger charge is 2.27. The molecule has 1 aromatic heterocycles. The van der Waals surface area contributed by atoms with Crippen LogP contribution in [0.15, 0.2) is 53.4 Å². The quantitative estimate of drug-likeness (QED) is 0.668. The predicted octanol–water partition coefficient (Wildman–Crippen LogP) is 4.15. The minimum Gasteiger partial charge on any atom is -0.322 e. The lowest BCUT2D eigenvalue weighted by Crippen LogP contribution is -2.35. The maximum Gasteiger partial charge on any atom is 0.256 e. The molecule has 31 heavy (non-hydrogen) atoms. The van der Waals surface area contributed by atoms with E-state index < -0.39 is 10.0 Å². The topological polar surface area (TPSA) is 79.4 Å². The lowest BCUT2D eigenvalue weighted by atomic mass is 10.0. The molecular weight excluding hydrogens is 410 g/mol. The summed E-state index contributed by atoms with van der Waals surface area (Å²) >= 11 is 0. The van der Waals surface area contributed by atoms with Crippen LogP contribution in [0, 0.1) is 0 Å². The summed E-state index contributed by atoms with van der Waals surface area (Å²) in [6, 6.07) is 14.3. The largest absolute Gasteiger partial charge is 0.322 e. The van der Waals surface area contributed by atoms with Crippen molar-refractivity contribution in [2.45, 2.75) is 43.4 Å². The molecule has 0 atom stereocenters. The van der Waals surface area contributed by atoms with Gasteiger partial charge in [0.15, 0.2) is 0 Å². The number of aromatic nitrogens is 1. The highest BCUT2D eigenvalue weighted by atomic mass is 32.2. The second-order valence-electron chi connectivity index (χ2n) is 8.23. The summed E-state index contributed by atoms with van der Waals surface area (Å²) in [5.41, 5.74) is 3.95. The van der Waals surface area contributed by atoms with Crippen molar-refractivity contribution in [1.82, 2.24) is 9.29 Å². The molecule has 0 bridgehead atoms. The Kier molecular flexibility index (Phi) is 5.24. The number of hydrogen-bond donors (Lipinski definition) is 1. The van der Waals surface area contributed by atoms with Gasteiger partial charge in [-0.3, -0.25) is 9.78 Å². The third kappa shape index (κ3) is 3.72. The zero-order valence-corrected chi connectivity index (χ0v) is 18.1. The normalized spacial score (nSPS) is 16.9. The Hall–Kier alpha value is -2.77. The molecule has 1 amide bonds. The van der Waals surface area contributed by atoms with E-state index in [1.54, 1.807) is 28.6 Å². The number of carbonyl (C=O) groups excluding carboxylic acids is 1. The first kappa shape index (κ1) is 20.2. The molecule has 0 spiro atoms. The van der Waals surface area contributed by atoms with Gasteiger partial charge < -0.3 is 5.32 Å². The van der Waals surface area contributed by atoms with Crippen LogP contribution in [0.1, 0.15) is 47.3 Å². The molecule has 1 aliphatic heterocycles. The van der Waals surface area contributed by atoms with E-state index in [0.29, 0.717) is 24.3 Å². The molecule has 1 fully saturated rings. The molecular formula is C24H25N3O3S. The van der Waals surface area contributed by atoms with Gasteiger partial charge in [0.2, 0.25) is 10.0 Å². The lowest BCUT2D eigenvalue weighted by molar-refractivity contribution is 0.102. The maximum atomic E-state index is 13.4. The highest BCUT2D eigenvalue weighted by molar-refractivity contribution is 7.89. The van der Waals surface area contributed by atoms with Gasteiger partial charge in [-0.25, -0.2) is 8.42 Å². The third-order valence-electron chi connectivity index (χ3n) is 6.19. The highest BCUT2D eigenvalue weighted by Crippen LogP contribution is 2.31. The molecule has 1 saturated heterocycles. The number of piperidine rings is 1. The van der Waals surface area contributed by atoms with Crippen LogP contribution >= 0.6 is 0 Å². The lowest BCUT2D eigenvalue weighted by Gasteiger charge is -2.26. The summed E-state index contributed by atoms with van der Waals surface area (Å²) in [6.07, 6.45) is 5.53. The van der Waals surface area contributed by atoms with E-state index in [0.717, 1.165) is 60.7 Å². The molecule has 0 unspecified atom stereocenters. The zero-order chi connectivity index (χ0) is 21.4. The Morgan fingerprint density at radius 1 is 0.935 bits per heavy atom. The van der Waals surface area contributed by atoms with Crippen molar-refractivity contribution in [3.05, 3.63) is 65.4 Å². The van der Waals surface area contributed by atoms with Crippen LogP contribution in [0.5, 0.6) is 0 Å². The van der Waals surface area contributed by atoms with Crippen molar-refractivity contribution < 1.29 is 13.2 Å². The number of rotatable bonds is 4. The number of carbonyl (C=O) groups is 1. The van der Waals surface area contributed by atoms with E-state index >= 15 is 0 Å². The van der Waals surface area contributed by atoms with E-state index in [2.05, 4.69) is 5.32 Å². The first-order valence-corrected chi connectivity index (χ1v) is 12.3. The van der Waals surface area contributed by atoms with Gasteiger partial charge in [0.05, 0.1) is 16.0 Å². The van der Waals surface area contributed by atoms with Gasteiger partial charge in [0, 0.05) is 29.9 Å². The molecule has 1 N–H and O–H groups in total. The molecule has 6 nitrogen and oxygen atoms in total. The van der Waals surface area contributed by atoms with Crippen LogP contribution in [0.2, 0.25) is 0 Å². The fraction of sp³-hybridized carbons (Fsp3) is 0.333. The molecule has 1 aliphatic carbocycles. The molecule has 2 aliphatic rings. The van der Waals surface area contributed by atoms with Crippen LogP contribution in [0.4, 0.5) is 5.69 Å². The smallest absolute Gasteiger partial charge is 0.256 e. The summed E-state index contributed by atoms with van der Waals surface area (Å²) in [7, 11) is -3.56. The van der Waals surface area contributed by atoms with Crippen LogP contribution in [-0.2, 0) is 22.9 Å². The second-order valence-corrected chi connectivity index (χ2v) is 10.2.